The molecule has 0 atom stereocenters. The molecule has 2 aromatic rings. The van der Waals surface area contributed by atoms with E-state index in [-0.39, 0.29) is 11.8 Å². The lowest BCUT2D eigenvalue weighted by Gasteiger charge is -2.09. The Kier molecular flexibility index (Phi) is 5.17. The van der Waals surface area contributed by atoms with Gasteiger partial charge in [-0.05, 0) is 36.6 Å². The molecule has 4 nitrogen and oxygen atoms in total. The van der Waals surface area contributed by atoms with E-state index in [1.165, 1.54) is 0 Å². The van der Waals surface area contributed by atoms with E-state index in [0.29, 0.717) is 12.4 Å². The van der Waals surface area contributed by atoms with Gasteiger partial charge in [0.25, 0.3) is 0 Å². The van der Waals surface area contributed by atoms with Crippen molar-refractivity contribution in [2.75, 3.05) is 5.88 Å². The van der Waals surface area contributed by atoms with Crippen LogP contribution in [0.1, 0.15) is 16.7 Å². The molecular weight excluding hydrogens is 288 g/mol. The summed E-state index contributed by atoms with van der Waals surface area (Å²) in [6.07, 6.45) is 1.68. The van der Waals surface area contributed by atoms with Crippen molar-refractivity contribution in [1.82, 2.24) is 10.3 Å². The number of carbonyl (C=O) groups is 1. The lowest BCUT2D eigenvalue weighted by molar-refractivity contribution is -0.118. The molecule has 1 aromatic heterocycles. The number of halogens is 1. The zero-order valence-electron chi connectivity index (χ0n) is 12.0. The number of nitrogens with one attached hydrogen (secondary N) is 1. The fourth-order valence-corrected chi connectivity index (χ4v) is 1.85. The van der Waals surface area contributed by atoms with Gasteiger partial charge in [-0.2, -0.15) is 0 Å². The maximum Gasteiger partial charge on any atom is 0.235 e. The smallest absolute Gasteiger partial charge is 0.235 e. The number of aromatic nitrogens is 1. The zero-order chi connectivity index (χ0) is 15.2. The second-order valence-corrected chi connectivity index (χ2v) is 5.05. The van der Waals surface area contributed by atoms with Crippen LogP contribution in [0.5, 0.6) is 11.6 Å². The van der Waals surface area contributed by atoms with Gasteiger partial charge in [-0.15, -0.1) is 11.6 Å². The third-order valence-corrected chi connectivity index (χ3v) is 3.21. The Morgan fingerprint density at radius 3 is 2.76 bits per heavy atom. The molecule has 0 radical (unpaired) electrons. The number of benzene rings is 1. The van der Waals surface area contributed by atoms with Crippen molar-refractivity contribution in [3.63, 3.8) is 0 Å². The molecule has 1 amide bonds. The molecule has 0 saturated heterocycles. The minimum absolute atomic E-state index is 0.0404. The highest BCUT2D eigenvalue weighted by molar-refractivity contribution is 6.27. The molecule has 1 N–H and O–H groups in total. The predicted octanol–water partition coefficient (Wildman–Crippen LogP) is 3.35. The Labute approximate surface area is 129 Å². The van der Waals surface area contributed by atoms with Crippen molar-refractivity contribution >= 4 is 17.5 Å². The second-order valence-electron chi connectivity index (χ2n) is 4.79. The van der Waals surface area contributed by atoms with Gasteiger partial charge < -0.3 is 10.1 Å². The van der Waals surface area contributed by atoms with Crippen LogP contribution in [0.2, 0.25) is 0 Å². The van der Waals surface area contributed by atoms with E-state index in [2.05, 4.69) is 10.3 Å². The first-order valence-corrected chi connectivity index (χ1v) is 7.14. The average molecular weight is 305 g/mol. The van der Waals surface area contributed by atoms with Crippen molar-refractivity contribution < 1.29 is 9.53 Å². The molecular formula is C16H17ClN2O2. The number of alkyl halides is 1. The number of rotatable bonds is 5. The van der Waals surface area contributed by atoms with Crippen molar-refractivity contribution in [2.45, 2.75) is 20.4 Å². The van der Waals surface area contributed by atoms with Crippen LogP contribution in [-0.2, 0) is 11.3 Å². The Hall–Kier alpha value is -2.07. The molecule has 0 saturated carbocycles. The Morgan fingerprint density at radius 1 is 1.29 bits per heavy atom. The highest BCUT2D eigenvalue weighted by atomic mass is 35.5. The first-order valence-electron chi connectivity index (χ1n) is 6.61. The van der Waals surface area contributed by atoms with E-state index >= 15 is 0 Å². The maximum atomic E-state index is 11.1. The van der Waals surface area contributed by atoms with Crippen LogP contribution in [0.3, 0.4) is 0 Å². The van der Waals surface area contributed by atoms with Crippen LogP contribution < -0.4 is 10.1 Å². The Bertz CT molecular complexity index is 627. The van der Waals surface area contributed by atoms with Gasteiger partial charge in [-0.25, -0.2) is 4.98 Å². The minimum Gasteiger partial charge on any atom is -0.439 e. The molecule has 0 aliphatic heterocycles. The Morgan fingerprint density at radius 2 is 2.10 bits per heavy atom. The first kappa shape index (κ1) is 15.3. The molecule has 110 valence electrons. The molecule has 21 heavy (non-hydrogen) atoms. The number of hydrogen-bond acceptors (Lipinski definition) is 3. The summed E-state index contributed by atoms with van der Waals surface area (Å²) in [5, 5.41) is 2.68. The van der Waals surface area contributed by atoms with Gasteiger partial charge in [-0.3, -0.25) is 4.79 Å². The molecule has 0 bridgehead atoms. The molecule has 1 aromatic carbocycles. The van der Waals surface area contributed by atoms with E-state index in [0.717, 1.165) is 22.4 Å². The number of pyridine rings is 1. The van der Waals surface area contributed by atoms with Crippen LogP contribution in [0, 0.1) is 13.8 Å². The predicted molar refractivity (Wildman–Crippen MR) is 82.8 cm³/mol. The molecule has 0 aliphatic carbocycles. The Balaban J connectivity index is 2.02. The van der Waals surface area contributed by atoms with Gasteiger partial charge in [0.2, 0.25) is 11.8 Å². The summed E-state index contributed by atoms with van der Waals surface area (Å²) in [6.45, 7) is 4.41. The number of amides is 1. The number of hydrogen-bond donors (Lipinski definition) is 1. The molecule has 0 aliphatic rings. The van der Waals surface area contributed by atoms with Gasteiger partial charge >= 0.3 is 0 Å². The van der Waals surface area contributed by atoms with E-state index in [1.54, 1.807) is 12.3 Å². The van der Waals surface area contributed by atoms with Crippen molar-refractivity contribution in [1.29, 1.82) is 0 Å². The quantitative estimate of drug-likeness (QED) is 0.862. The fraction of sp³-hybridized carbons (Fsp3) is 0.250. The van der Waals surface area contributed by atoms with E-state index in [4.69, 9.17) is 16.3 Å². The molecule has 1 heterocycles. The first-order chi connectivity index (χ1) is 10.1. The number of aryl methyl sites for hydroxylation is 2. The second kappa shape index (κ2) is 7.09. The van der Waals surface area contributed by atoms with Crippen molar-refractivity contribution in [3.05, 3.63) is 53.2 Å². The summed E-state index contributed by atoms with van der Waals surface area (Å²) in [5.74, 6) is 1.08. The number of nitrogens with zero attached hydrogens (tertiary/aromatic N) is 1. The van der Waals surface area contributed by atoms with Crippen molar-refractivity contribution in [3.8, 4) is 11.6 Å². The topological polar surface area (TPSA) is 51.2 Å². The summed E-state index contributed by atoms with van der Waals surface area (Å²) < 4.78 is 5.77. The summed E-state index contributed by atoms with van der Waals surface area (Å²) >= 11 is 5.41. The van der Waals surface area contributed by atoms with E-state index in [9.17, 15) is 4.79 Å². The van der Waals surface area contributed by atoms with Crippen LogP contribution in [0.25, 0.3) is 0 Å². The summed E-state index contributed by atoms with van der Waals surface area (Å²) in [6, 6.07) is 9.68. The molecule has 2 rings (SSSR count). The lowest BCUT2D eigenvalue weighted by atomic mass is 10.1. The number of carbonyl (C=O) groups excluding carboxylic acids is 1. The third-order valence-electron chi connectivity index (χ3n) is 2.97. The maximum absolute atomic E-state index is 11.1. The fourth-order valence-electron chi connectivity index (χ4n) is 1.75. The van der Waals surface area contributed by atoms with Crippen LogP contribution >= 0.6 is 11.6 Å². The SMILES string of the molecule is Cc1ccc(C)c(Oc2ccc(CNC(=O)CCl)cn2)c1. The monoisotopic (exact) mass is 304 g/mol. The normalized spacial score (nSPS) is 10.2. The summed E-state index contributed by atoms with van der Waals surface area (Å²) in [5.41, 5.74) is 3.08. The molecule has 5 heteroatoms. The third kappa shape index (κ3) is 4.46. The van der Waals surface area contributed by atoms with Crippen molar-refractivity contribution in [2.24, 2.45) is 0 Å². The minimum atomic E-state index is -0.202. The van der Waals surface area contributed by atoms with Gasteiger partial charge in [-0.1, -0.05) is 18.2 Å². The van der Waals surface area contributed by atoms with Crippen LogP contribution in [-0.4, -0.2) is 16.8 Å². The standard InChI is InChI=1S/C16H17ClN2O2/c1-11-3-4-12(2)14(7-11)21-16-6-5-13(10-19-16)9-18-15(20)8-17/h3-7,10H,8-9H2,1-2H3,(H,18,20). The van der Waals surface area contributed by atoms with E-state index < -0.39 is 0 Å². The summed E-state index contributed by atoms with van der Waals surface area (Å²) in [7, 11) is 0. The molecule has 0 fully saturated rings. The zero-order valence-corrected chi connectivity index (χ0v) is 12.8. The summed E-state index contributed by atoms with van der Waals surface area (Å²) in [4.78, 5) is 15.3. The largest absolute Gasteiger partial charge is 0.439 e. The lowest BCUT2D eigenvalue weighted by Crippen LogP contribution is -2.23. The number of ether oxygens (including phenoxy) is 1. The molecule has 0 spiro atoms. The van der Waals surface area contributed by atoms with Gasteiger partial charge in [0.1, 0.15) is 11.6 Å². The van der Waals surface area contributed by atoms with E-state index in [1.807, 2.05) is 38.1 Å². The highest BCUT2D eigenvalue weighted by Crippen LogP contribution is 2.24. The molecule has 0 unspecified atom stereocenters. The van der Waals surface area contributed by atoms with Crippen LogP contribution in [0.15, 0.2) is 36.5 Å². The van der Waals surface area contributed by atoms with Gasteiger partial charge in [0.05, 0.1) is 0 Å². The average Bonchev–Trinajstić information content (AvgIpc) is 2.50. The highest BCUT2D eigenvalue weighted by Gasteiger charge is 2.04. The van der Waals surface area contributed by atoms with Crippen LogP contribution in [0.4, 0.5) is 0 Å². The van der Waals surface area contributed by atoms with Gasteiger partial charge in [0.15, 0.2) is 0 Å². The van der Waals surface area contributed by atoms with Gasteiger partial charge in [0, 0.05) is 18.8 Å².